The standard InChI is InChI=1S/C10H20N2O2/c1-7(13)8(11)5-6-9(14)12-10(2,3)4/h8H,5-6,11H2,1-4H3,(H,12,14)/t8-/m0/s1. The van der Waals surface area contributed by atoms with Gasteiger partial charge in [-0.25, -0.2) is 0 Å². The summed E-state index contributed by atoms with van der Waals surface area (Å²) in [5, 5.41) is 2.81. The predicted molar refractivity (Wildman–Crippen MR) is 55.8 cm³/mol. The number of Topliss-reactive ketones (excluding diaryl/α,β-unsaturated/α-hetero) is 1. The van der Waals surface area contributed by atoms with Crippen LogP contribution in [0, 0.1) is 0 Å². The lowest BCUT2D eigenvalue weighted by molar-refractivity contribution is -0.123. The van der Waals surface area contributed by atoms with Crippen molar-refractivity contribution in [2.75, 3.05) is 0 Å². The molecule has 0 saturated heterocycles. The van der Waals surface area contributed by atoms with Crippen LogP contribution in [0.1, 0.15) is 40.5 Å². The van der Waals surface area contributed by atoms with Gasteiger partial charge in [0, 0.05) is 12.0 Å². The Balaban J connectivity index is 3.81. The quantitative estimate of drug-likeness (QED) is 0.698. The van der Waals surface area contributed by atoms with E-state index >= 15 is 0 Å². The summed E-state index contributed by atoms with van der Waals surface area (Å²) in [4.78, 5) is 22.1. The molecule has 82 valence electrons. The molecule has 0 aliphatic rings. The van der Waals surface area contributed by atoms with Gasteiger partial charge in [-0.2, -0.15) is 0 Å². The lowest BCUT2D eigenvalue weighted by atomic mass is 10.1. The minimum atomic E-state index is -0.513. The number of amides is 1. The van der Waals surface area contributed by atoms with Crippen molar-refractivity contribution in [1.82, 2.24) is 5.32 Å². The fourth-order valence-electron chi connectivity index (χ4n) is 0.971. The van der Waals surface area contributed by atoms with Crippen molar-refractivity contribution in [2.24, 2.45) is 5.73 Å². The summed E-state index contributed by atoms with van der Waals surface area (Å²) in [6.45, 7) is 7.17. The van der Waals surface area contributed by atoms with E-state index < -0.39 is 6.04 Å². The number of rotatable bonds is 4. The molecule has 1 atom stereocenters. The Morgan fingerprint density at radius 2 is 1.86 bits per heavy atom. The van der Waals surface area contributed by atoms with Gasteiger partial charge in [-0.1, -0.05) is 0 Å². The Morgan fingerprint density at radius 1 is 1.36 bits per heavy atom. The molecule has 0 aliphatic carbocycles. The van der Waals surface area contributed by atoms with E-state index in [1.165, 1.54) is 6.92 Å². The van der Waals surface area contributed by atoms with Crippen molar-refractivity contribution in [3.63, 3.8) is 0 Å². The van der Waals surface area contributed by atoms with Gasteiger partial charge in [-0.3, -0.25) is 9.59 Å². The van der Waals surface area contributed by atoms with Gasteiger partial charge in [-0.05, 0) is 34.1 Å². The van der Waals surface area contributed by atoms with E-state index in [2.05, 4.69) is 5.32 Å². The van der Waals surface area contributed by atoms with Crippen LogP contribution in [0.5, 0.6) is 0 Å². The summed E-state index contributed by atoms with van der Waals surface area (Å²) in [6.07, 6.45) is 0.718. The minimum Gasteiger partial charge on any atom is -0.352 e. The Kier molecular flexibility index (Phi) is 4.77. The maximum absolute atomic E-state index is 11.3. The number of carbonyl (C=O) groups is 2. The van der Waals surface area contributed by atoms with Crippen molar-refractivity contribution in [3.05, 3.63) is 0 Å². The first kappa shape index (κ1) is 13.1. The van der Waals surface area contributed by atoms with E-state index in [0.29, 0.717) is 12.8 Å². The average Bonchev–Trinajstić information content (AvgIpc) is 1.96. The first-order chi connectivity index (χ1) is 6.22. The van der Waals surface area contributed by atoms with E-state index in [4.69, 9.17) is 5.73 Å². The van der Waals surface area contributed by atoms with Crippen LogP contribution in [0.15, 0.2) is 0 Å². The van der Waals surface area contributed by atoms with Crippen LogP contribution in [0.2, 0.25) is 0 Å². The monoisotopic (exact) mass is 200 g/mol. The lowest BCUT2D eigenvalue weighted by Crippen LogP contribution is -2.41. The highest BCUT2D eigenvalue weighted by Crippen LogP contribution is 2.02. The van der Waals surface area contributed by atoms with Crippen molar-refractivity contribution in [1.29, 1.82) is 0 Å². The molecule has 1 amide bonds. The second kappa shape index (κ2) is 5.10. The molecule has 0 saturated carbocycles. The van der Waals surface area contributed by atoms with Crippen LogP contribution in [-0.4, -0.2) is 23.3 Å². The van der Waals surface area contributed by atoms with Gasteiger partial charge < -0.3 is 11.1 Å². The number of ketones is 1. The summed E-state index contributed by atoms with van der Waals surface area (Å²) in [6, 6.07) is -0.513. The van der Waals surface area contributed by atoms with Gasteiger partial charge in [0.1, 0.15) is 5.78 Å². The first-order valence-electron chi connectivity index (χ1n) is 4.79. The smallest absolute Gasteiger partial charge is 0.220 e. The van der Waals surface area contributed by atoms with Crippen molar-refractivity contribution in [2.45, 2.75) is 52.1 Å². The molecular formula is C10H20N2O2. The fraction of sp³-hybridized carbons (Fsp3) is 0.800. The maximum Gasteiger partial charge on any atom is 0.220 e. The van der Waals surface area contributed by atoms with Gasteiger partial charge in [0.25, 0.3) is 0 Å². The summed E-state index contributed by atoms with van der Waals surface area (Å²) in [5.74, 6) is -0.136. The fourth-order valence-corrected chi connectivity index (χ4v) is 0.971. The van der Waals surface area contributed by atoms with E-state index in [-0.39, 0.29) is 17.2 Å². The van der Waals surface area contributed by atoms with E-state index in [0.717, 1.165) is 0 Å². The van der Waals surface area contributed by atoms with Crippen LogP contribution < -0.4 is 11.1 Å². The largest absolute Gasteiger partial charge is 0.352 e. The molecule has 0 aromatic rings. The Bertz CT molecular complexity index is 219. The molecule has 0 bridgehead atoms. The number of hydrogen-bond donors (Lipinski definition) is 2. The molecule has 0 spiro atoms. The molecule has 0 fully saturated rings. The summed E-state index contributed by atoms with van der Waals surface area (Å²) in [7, 11) is 0. The van der Waals surface area contributed by atoms with Gasteiger partial charge in [-0.15, -0.1) is 0 Å². The van der Waals surface area contributed by atoms with E-state index in [1.807, 2.05) is 20.8 Å². The molecule has 4 nitrogen and oxygen atoms in total. The Labute approximate surface area is 85.2 Å². The highest BCUT2D eigenvalue weighted by molar-refractivity contribution is 5.82. The second-order valence-electron chi connectivity index (χ2n) is 4.55. The molecule has 3 N–H and O–H groups in total. The Morgan fingerprint density at radius 3 is 2.21 bits per heavy atom. The molecule has 0 radical (unpaired) electrons. The molecule has 0 heterocycles. The third-order valence-electron chi connectivity index (χ3n) is 1.72. The summed E-state index contributed by atoms with van der Waals surface area (Å²) < 4.78 is 0. The van der Waals surface area contributed by atoms with E-state index in [1.54, 1.807) is 0 Å². The molecule has 0 aromatic carbocycles. The van der Waals surface area contributed by atoms with Crippen LogP contribution in [0.25, 0.3) is 0 Å². The van der Waals surface area contributed by atoms with Gasteiger partial charge >= 0.3 is 0 Å². The van der Waals surface area contributed by atoms with Crippen molar-refractivity contribution >= 4 is 11.7 Å². The lowest BCUT2D eigenvalue weighted by Gasteiger charge is -2.20. The molecule has 14 heavy (non-hydrogen) atoms. The maximum atomic E-state index is 11.3. The topological polar surface area (TPSA) is 72.2 Å². The highest BCUT2D eigenvalue weighted by atomic mass is 16.1. The summed E-state index contributed by atoms with van der Waals surface area (Å²) >= 11 is 0. The predicted octanol–water partition coefficient (Wildman–Crippen LogP) is 0.598. The number of hydrogen-bond acceptors (Lipinski definition) is 3. The van der Waals surface area contributed by atoms with Crippen LogP contribution in [-0.2, 0) is 9.59 Å². The van der Waals surface area contributed by atoms with Crippen LogP contribution in [0.4, 0.5) is 0 Å². The number of nitrogens with two attached hydrogens (primary N) is 1. The molecule has 0 rings (SSSR count). The molecule has 0 aliphatic heterocycles. The van der Waals surface area contributed by atoms with Crippen LogP contribution in [0.3, 0.4) is 0 Å². The Hall–Kier alpha value is -0.900. The molecule has 4 heteroatoms. The number of carbonyl (C=O) groups excluding carboxylic acids is 2. The zero-order chi connectivity index (χ0) is 11.4. The van der Waals surface area contributed by atoms with Gasteiger partial charge in [0.15, 0.2) is 0 Å². The van der Waals surface area contributed by atoms with Crippen molar-refractivity contribution in [3.8, 4) is 0 Å². The SMILES string of the molecule is CC(=O)[C@@H](N)CCC(=O)NC(C)(C)C. The number of nitrogens with one attached hydrogen (secondary N) is 1. The summed E-state index contributed by atoms with van der Waals surface area (Å²) in [5.41, 5.74) is 5.27. The third kappa shape index (κ3) is 6.60. The van der Waals surface area contributed by atoms with Gasteiger partial charge in [0.2, 0.25) is 5.91 Å². The minimum absolute atomic E-state index is 0.0609. The normalized spacial score (nSPS) is 13.5. The molecule has 0 unspecified atom stereocenters. The van der Waals surface area contributed by atoms with Crippen LogP contribution >= 0.6 is 0 Å². The average molecular weight is 200 g/mol. The van der Waals surface area contributed by atoms with Crippen molar-refractivity contribution < 1.29 is 9.59 Å². The second-order valence-corrected chi connectivity index (χ2v) is 4.55. The molecular weight excluding hydrogens is 180 g/mol. The first-order valence-corrected chi connectivity index (χ1v) is 4.79. The zero-order valence-electron chi connectivity index (χ0n) is 9.39. The highest BCUT2D eigenvalue weighted by Gasteiger charge is 2.15. The van der Waals surface area contributed by atoms with E-state index in [9.17, 15) is 9.59 Å². The zero-order valence-corrected chi connectivity index (χ0v) is 9.39. The molecule has 0 aromatic heterocycles. The van der Waals surface area contributed by atoms with Gasteiger partial charge in [0.05, 0.1) is 6.04 Å². The third-order valence-corrected chi connectivity index (χ3v) is 1.72.